The molecule has 0 aromatic heterocycles. The Hall–Kier alpha value is -6.00. The van der Waals surface area contributed by atoms with E-state index in [9.17, 15) is 53.7 Å². The summed E-state index contributed by atoms with van der Waals surface area (Å²) in [4.78, 5) is 111. The smallest absolute Gasteiger partial charge is 0.247 e. The van der Waals surface area contributed by atoms with Crippen molar-refractivity contribution in [3.05, 3.63) is 71.8 Å². The van der Waals surface area contributed by atoms with Gasteiger partial charge in [-0.15, -0.1) is 0 Å². The molecule has 396 valence electrons. The number of primary amides is 2. The van der Waals surface area contributed by atoms with Gasteiger partial charge in [0.1, 0.15) is 47.3 Å². The third-order valence-electron chi connectivity index (χ3n) is 14.6. The first-order chi connectivity index (χ1) is 34.0. The second kappa shape index (κ2) is 24.6. The molecule has 2 aromatic carbocycles. The Morgan fingerprint density at radius 2 is 0.917 bits per heavy atom. The summed E-state index contributed by atoms with van der Waals surface area (Å²) in [6.45, 7) is 9.13. The third-order valence-corrected chi connectivity index (χ3v) is 14.6. The van der Waals surface area contributed by atoms with Gasteiger partial charge < -0.3 is 68.5 Å². The monoisotopic (exact) mass is 1000 g/mol. The first-order valence-corrected chi connectivity index (χ1v) is 25.1. The molecular weight excluding hydrogens is 929 g/mol. The highest BCUT2D eigenvalue weighted by Crippen LogP contribution is 2.38. The van der Waals surface area contributed by atoms with Gasteiger partial charge in [0.2, 0.25) is 47.3 Å². The molecule has 21 heteroatoms. The van der Waals surface area contributed by atoms with E-state index in [1.165, 1.54) is 35.5 Å². The van der Waals surface area contributed by atoms with E-state index < -0.39 is 101 Å². The van der Waals surface area contributed by atoms with Crippen LogP contribution in [0.4, 0.5) is 0 Å². The molecular formula is C51H76N10O11. The van der Waals surface area contributed by atoms with Crippen molar-refractivity contribution in [1.82, 2.24) is 30.2 Å². The SMILES string of the molecule is CC(C)[C@H](NC(=O)[C@]1(Cc2ccccc2)CCCN1C(=O)[C@@H]1CCCN1C(=O)[C@@H](N)[C@@H](C)O)C(N)=O.C[C@@H](O)[C@H](N)C(=O)N1CCC[C@H]1C(=O)N1CCC[C@@]1(Cc1ccccc1)C(=O)N[C@H](C(N)=O)[C@@H](C)O. The maximum absolute atomic E-state index is 14.0. The highest BCUT2D eigenvalue weighted by atomic mass is 16.3. The van der Waals surface area contributed by atoms with Crippen LogP contribution in [0, 0.1) is 5.92 Å². The van der Waals surface area contributed by atoms with Crippen molar-refractivity contribution < 1.29 is 53.7 Å². The van der Waals surface area contributed by atoms with Crippen molar-refractivity contribution >= 4 is 47.3 Å². The van der Waals surface area contributed by atoms with E-state index in [1.807, 2.05) is 60.7 Å². The Balaban J connectivity index is 0.000000267. The van der Waals surface area contributed by atoms with Crippen molar-refractivity contribution in [1.29, 1.82) is 0 Å². The predicted octanol–water partition coefficient (Wildman–Crippen LogP) is -1.44. The molecule has 4 aliphatic rings. The number of nitrogens with two attached hydrogens (primary N) is 4. The zero-order valence-electron chi connectivity index (χ0n) is 42.2. The molecule has 0 spiro atoms. The molecule has 0 bridgehead atoms. The van der Waals surface area contributed by atoms with Crippen LogP contribution in [0.2, 0.25) is 0 Å². The van der Waals surface area contributed by atoms with Crippen LogP contribution >= 0.6 is 0 Å². The van der Waals surface area contributed by atoms with Gasteiger partial charge in [-0.3, -0.25) is 38.4 Å². The van der Waals surface area contributed by atoms with E-state index in [0.29, 0.717) is 71.0 Å². The largest absolute Gasteiger partial charge is 0.391 e. The summed E-state index contributed by atoms with van der Waals surface area (Å²) in [5.41, 5.74) is 21.9. The van der Waals surface area contributed by atoms with E-state index in [4.69, 9.17) is 22.9 Å². The number of aliphatic hydroxyl groups is 3. The van der Waals surface area contributed by atoms with E-state index in [1.54, 1.807) is 18.7 Å². The van der Waals surface area contributed by atoms with E-state index in [-0.39, 0.29) is 37.1 Å². The molecule has 11 atom stereocenters. The highest BCUT2D eigenvalue weighted by Gasteiger charge is 2.55. The fraction of sp³-hybridized carbons (Fsp3) is 0.608. The van der Waals surface area contributed by atoms with Gasteiger partial charge in [0.15, 0.2) is 0 Å². The summed E-state index contributed by atoms with van der Waals surface area (Å²) in [5.74, 6) is -4.45. The molecule has 13 N–H and O–H groups in total. The number of nitrogens with zero attached hydrogens (tertiary/aromatic N) is 4. The zero-order valence-corrected chi connectivity index (χ0v) is 42.2. The number of hydrogen-bond acceptors (Lipinski definition) is 13. The van der Waals surface area contributed by atoms with E-state index >= 15 is 0 Å². The molecule has 0 unspecified atom stereocenters. The van der Waals surface area contributed by atoms with Gasteiger partial charge in [0.25, 0.3) is 0 Å². The molecule has 4 fully saturated rings. The van der Waals surface area contributed by atoms with Gasteiger partial charge >= 0.3 is 0 Å². The number of aliphatic hydroxyl groups excluding tert-OH is 3. The molecule has 21 nitrogen and oxygen atoms in total. The standard InChI is InChI=1S/C26H39N5O5.C25H37N5O6/c1-16(2)21(22(28)33)29-25(36)26(15-18-9-5-4-6-10-18)12-8-14-31(26)23(34)19-11-7-13-30(19)24(35)20(27)17(3)32;1-15(31)19(26)23(35)29-12-6-10-18(29)22(34)30-13-7-11-25(30,14-17-8-4-3-5-9-17)24(36)28-20(16(2)32)21(27)33/h4-6,9-10,16-17,19-21,32H,7-8,11-15,27H2,1-3H3,(H2,28,33)(H,29,36);3-5,8-9,15-16,18-20,31-32H,6-7,10-14,26H2,1-2H3,(H2,27,33)(H,28,36)/t17-,19+,20+,21+,26-;15-,16-,18+,19+,20+,25-/m11/s1. The molecule has 0 saturated carbocycles. The van der Waals surface area contributed by atoms with Crippen LogP contribution in [0.1, 0.15) is 97.1 Å². The number of hydrogen-bond donors (Lipinski definition) is 9. The summed E-state index contributed by atoms with van der Waals surface area (Å²) >= 11 is 0. The van der Waals surface area contributed by atoms with Crippen molar-refractivity contribution in [2.75, 3.05) is 26.2 Å². The van der Waals surface area contributed by atoms with Crippen LogP contribution in [-0.2, 0) is 51.2 Å². The van der Waals surface area contributed by atoms with Crippen molar-refractivity contribution in [2.45, 2.75) is 164 Å². The minimum atomic E-state index is -1.34. The number of benzene rings is 2. The minimum absolute atomic E-state index is 0.185. The summed E-state index contributed by atoms with van der Waals surface area (Å²) in [7, 11) is 0. The van der Waals surface area contributed by atoms with Crippen molar-refractivity contribution in [3.8, 4) is 0 Å². The van der Waals surface area contributed by atoms with Crippen LogP contribution in [0.3, 0.4) is 0 Å². The lowest BCUT2D eigenvalue weighted by Crippen LogP contribution is -2.65. The van der Waals surface area contributed by atoms with Gasteiger partial charge in [-0.2, -0.15) is 0 Å². The topological polar surface area (TPSA) is 338 Å². The molecule has 8 amide bonds. The van der Waals surface area contributed by atoms with Crippen LogP contribution in [0.5, 0.6) is 0 Å². The van der Waals surface area contributed by atoms with E-state index in [2.05, 4.69) is 10.6 Å². The molecule has 4 aliphatic heterocycles. The number of amides is 8. The number of nitrogens with one attached hydrogen (secondary N) is 2. The lowest BCUT2D eigenvalue weighted by molar-refractivity contribution is -0.152. The number of likely N-dealkylation sites (tertiary alicyclic amines) is 4. The van der Waals surface area contributed by atoms with Gasteiger partial charge in [0, 0.05) is 39.0 Å². The second-order valence-electron chi connectivity index (χ2n) is 20.2. The predicted molar refractivity (Wildman–Crippen MR) is 265 cm³/mol. The quantitative estimate of drug-likeness (QED) is 0.0827. The van der Waals surface area contributed by atoms with Crippen LogP contribution in [-0.4, -0.2) is 174 Å². The third kappa shape index (κ3) is 12.6. The number of carbonyl (C=O) groups excluding carboxylic acids is 8. The second-order valence-corrected chi connectivity index (χ2v) is 20.2. The van der Waals surface area contributed by atoms with Crippen molar-refractivity contribution in [3.63, 3.8) is 0 Å². The summed E-state index contributed by atoms with van der Waals surface area (Å²) < 4.78 is 0. The van der Waals surface area contributed by atoms with E-state index in [0.717, 1.165) is 11.1 Å². The molecule has 2 aromatic rings. The van der Waals surface area contributed by atoms with Crippen LogP contribution in [0.25, 0.3) is 0 Å². The number of rotatable bonds is 18. The Morgan fingerprint density at radius 3 is 1.24 bits per heavy atom. The van der Waals surface area contributed by atoms with Gasteiger partial charge in [-0.1, -0.05) is 74.5 Å². The Bertz CT molecular complexity index is 2100. The average Bonchev–Trinajstić information content (AvgIpc) is 4.19. The first kappa shape index (κ1) is 56.9. The summed E-state index contributed by atoms with van der Waals surface area (Å²) in [6, 6.07) is 12.6. The van der Waals surface area contributed by atoms with Gasteiger partial charge in [-0.05, 0) is 89.2 Å². The Labute approximate surface area is 421 Å². The molecule has 4 heterocycles. The fourth-order valence-electron chi connectivity index (χ4n) is 10.5. The molecule has 6 rings (SSSR count). The Morgan fingerprint density at radius 1 is 0.556 bits per heavy atom. The maximum Gasteiger partial charge on any atom is 0.247 e. The summed E-state index contributed by atoms with van der Waals surface area (Å²) in [6.07, 6.45) is 1.06. The molecule has 72 heavy (non-hydrogen) atoms. The first-order valence-electron chi connectivity index (χ1n) is 25.1. The zero-order chi connectivity index (χ0) is 53.2. The molecule has 0 aliphatic carbocycles. The lowest BCUT2D eigenvalue weighted by atomic mass is 9.85. The van der Waals surface area contributed by atoms with Crippen LogP contribution in [0.15, 0.2) is 60.7 Å². The maximum atomic E-state index is 14.0. The Kier molecular flexibility index (Phi) is 19.5. The van der Waals surface area contributed by atoms with Crippen molar-refractivity contribution in [2.24, 2.45) is 28.9 Å². The molecule has 4 saturated heterocycles. The fourth-order valence-corrected chi connectivity index (χ4v) is 10.5. The average molecular weight is 1010 g/mol. The van der Waals surface area contributed by atoms with Gasteiger partial charge in [0.05, 0.1) is 18.3 Å². The normalized spacial score (nSPS) is 24.8. The molecule has 0 radical (unpaired) electrons. The van der Waals surface area contributed by atoms with Gasteiger partial charge in [-0.25, -0.2) is 0 Å². The highest BCUT2D eigenvalue weighted by molar-refractivity contribution is 5.99. The minimum Gasteiger partial charge on any atom is -0.391 e. The number of carbonyl (C=O) groups is 8. The summed E-state index contributed by atoms with van der Waals surface area (Å²) in [5, 5.41) is 35.0. The van der Waals surface area contributed by atoms with Crippen LogP contribution < -0.4 is 33.6 Å². The lowest BCUT2D eigenvalue weighted by Gasteiger charge is -2.41.